The van der Waals surface area contributed by atoms with Crippen LogP contribution in [0.25, 0.3) is 11.0 Å². The van der Waals surface area contributed by atoms with E-state index in [9.17, 15) is 4.79 Å². The predicted octanol–water partition coefficient (Wildman–Crippen LogP) is 3.16. The number of hydrogen-bond acceptors (Lipinski definition) is 6. The number of nitrogens with two attached hydrogens (primary N) is 1. The predicted molar refractivity (Wildman–Crippen MR) is 92.6 cm³/mol. The molecule has 1 aromatic carbocycles. The van der Waals surface area contributed by atoms with E-state index in [-0.39, 0.29) is 31.4 Å². The Morgan fingerprint density at radius 2 is 2.04 bits per heavy atom. The van der Waals surface area contributed by atoms with Crippen molar-refractivity contribution in [3.8, 4) is 5.88 Å². The van der Waals surface area contributed by atoms with Crippen LogP contribution in [0.15, 0.2) is 22.7 Å². The van der Waals surface area contributed by atoms with Crippen molar-refractivity contribution in [1.82, 2.24) is 10.5 Å². The van der Waals surface area contributed by atoms with Crippen LogP contribution in [0.2, 0.25) is 0 Å². The monoisotopic (exact) mass is 365 g/mol. The standard InChI is InChI=1S/C14H19N3O4.2ClH/c1-14(2,3)20-13(18)16-7-8-19-12-9-5-4-6-10(15)11(9)21-17-12;;/h4-6H,7-8,15H2,1-3H3,(H,16,18);2*1H. The molecular formula is C14H21Cl2N3O4. The Morgan fingerprint density at radius 1 is 1.35 bits per heavy atom. The molecule has 3 N–H and O–H groups in total. The number of nitrogens with one attached hydrogen (secondary N) is 1. The zero-order valence-corrected chi connectivity index (χ0v) is 14.8. The minimum absolute atomic E-state index is 0. The van der Waals surface area contributed by atoms with Gasteiger partial charge in [-0.15, -0.1) is 24.8 Å². The highest BCUT2D eigenvalue weighted by molar-refractivity contribution is 5.91. The molecule has 2 rings (SSSR count). The molecule has 0 saturated heterocycles. The first kappa shape index (κ1) is 21.1. The van der Waals surface area contributed by atoms with Crippen LogP contribution in [-0.2, 0) is 4.74 Å². The van der Waals surface area contributed by atoms with Crippen molar-refractivity contribution in [1.29, 1.82) is 0 Å². The number of nitrogen functional groups attached to an aromatic ring is 1. The van der Waals surface area contributed by atoms with Gasteiger partial charge >= 0.3 is 6.09 Å². The molecule has 9 heteroatoms. The fourth-order valence-corrected chi connectivity index (χ4v) is 1.68. The summed E-state index contributed by atoms with van der Waals surface area (Å²) in [5.74, 6) is 0.350. The fraction of sp³-hybridized carbons (Fsp3) is 0.429. The number of carbonyl (C=O) groups is 1. The van der Waals surface area contributed by atoms with Crippen molar-refractivity contribution in [2.45, 2.75) is 26.4 Å². The van der Waals surface area contributed by atoms with Gasteiger partial charge in [-0.2, -0.15) is 0 Å². The summed E-state index contributed by atoms with van der Waals surface area (Å²) in [5, 5.41) is 7.10. The van der Waals surface area contributed by atoms with Gasteiger partial charge in [0.15, 0.2) is 5.58 Å². The maximum Gasteiger partial charge on any atom is 0.407 e. The summed E-state index contributed by atoms with van der Waals surface area (Å²) in [6.45, 7) is 5.94. The highest BCUT2D eigenvalue weighted by atomic mass is 35.5. The van der Waals surface area contributed by atoms with Crippen molar-refractivity contribution in [2.75, 3.05) is 18.9 Å². The number of ether oxygens (including phenoxy) is 2. The van der Waals surface area contributed by atoms with E-state index in [1.54, 1.807) is 39.0 Å². The molecule has 2 aromatic rings. The van der Waals surface area contributed by atoms with E-state index < -0.39 is 11.7 Å². The van der Waals surface area contributed by atoms with Gasteiger partial charge in [0.2, 0.25) is 0 Å². The van der Waals surface area contributed by atoms with Crippen LogP contribution < -0.4 is 15.8 Å². The summed E-state index contributed by atoms with van der Waals surface area (Å²) < 4.78 is 15.7. The molecule has 0 aliphatic heterocycles. The van der Waals surface area contributed by atoms with E-state index in [4.69, 9.17) is 19.7 Å². The van der Waals surface area contributed by atoms with Crippen molar-refractivity contribution in [3.63, 3.8) is 0 Å². The fourth-order valence-electron chi connectivity index (χ4n) is 1.68. The van der Waals surface area contributed by atoms with Gasteiger partial charge in [-0.1, -0.05) is 6.07 Å². The Labute approximate surface area is 146 Å². The molecular weight excluding hydrogens is 345 g/mol. The van der Waals surface area contributed by atoms with Gasteiger partial charge in [-0.25, -0.2) is 4.79 Å². The summed E-state index contributed by atoms with van der Waals surface area (Å²) >= 11 is 0. The third-order valence-corrected chi connectivity index (χ3v) is 2.50. The van der Waals surface area contributed by atoms with Crippen LogP contribution in [0.1, 0.15) is 20.8 Å². The lowest BCUT2D eigenvalue weighted by molar-refractivity contribution is 0.0520. The molecule has 1 amide bonds. The normalized spacial score (nSPS) is 10.4. The molecule has 0 atom stereocenters. The number of benzene rings is 1. The van der Waals surface area contributed by atoms with Gasteiger partial charge in [0.05, 0.1) is 17.6 Å². The molecule has 7 nitrogen and oxygen atoms in total. The third kappa shape index (κ3) is 6.03. The number of alkyl carbamates (subject to hydrolysis) is 1. The summed E-state index contributed by atoms with van der Waals surface area (Å²) in [4.78, 5) is 11.4. The Hall–Kier alpha value is -1.86. The number of nitrogens with zero attached hydrogens (tertiary/aromatic N) is 1. The number of halogens is 2. The molecule has 0 unspecified atom stereocenters. The average molecular weight is 366 g/mol. The first-order chi connectivity index (χ1) is 9.87. The van der Waals surface area contributed by atoms with E-state index in [2.05, 4.69) is 10.5 Å². The van der Waals surface area contributed by atoms with Gasteiger partial charge in [-0.05, 0) is 38.1 Å². The van der Waals surface area contributed by atoms with Gasteiger partial charge in [0, 0.05) is 0 Å². The zero-order chi connectivity index (χ0) is 15.5. The van der Waals surface area contributed by atoms with Crippen molar-refractivity contribution >= 4 is 47.6 Å². The van der Waals surface area contributed by atoms with Gasteiger partial charge in [-0.3, -0.25) is 0 Å². The zero-order valence-electron chi connectivity index (χ0n) is 13.1. The molecule has 130 valence electrons. The van der Waals surface area contributed by atoms with Crippen molar-refractivity contribution in [3.05, 3.63) is 18.2 Å². The van der Waals surface area contributed by atoms with Crippen LogP contribution in [-0.4, -0.2) is 30.0 Å². The lowest BCUT2D eigenvalue weighted by atomic mass is 10.2. The second kappa shape index (κ2) is 8.69. The van der Waals surface area contributed by atoms with E-state index in [1.807, 2.05) is 0 Å². The molecule has 0 saturated carbocycles. The molecule has 1 aromatic heterocycles. The smallest absolute Gasteiger partial charge is 0.407 e. The van der Waals surface area contributed by atoms with E-state index >= 15 is 0 Å². The summed E-state index contributed by atoms with van der Waals surface area (Å²) in [7, 11) is 0. The average Bonchev–Trinajstić information content (AvgIpc) is 2.77. The quantitative estimate of drug-likeness (QED) is 0.637. The molecule has 0 aliphatic rings. The van der Waals surface area contributed by atoms with Crippen LogP contribution in [0.4, 0.5) is 10.5 Å². The molecule has 0 fully saturated rings. The number of rotatable bonds is 4. The summed E-state index contributed by atoms with van der Waals surface area (Å²) in [6.07, 6.45) is -0.486. The Balaban J connectivity index is 0.00000242. The molecule has 23 heavy (non-hydrogen) atoms. The van der Waals surface area contributed by atoms with Gasteiger partial charge in [0.25, 0.3) is 5.88 Å². The maximum absolute atomic E-state index is 11.4. The number of aromatic nitrogens is 1. The number of para-hydroxylation sites is 1. The Morgan fingerprint density at radius 3 is 2.70 bits per heavy atom. The first-order valence-corrected chi connectivity index (χ1v) is 6.60. The van der Waals surface area contributed by atoms with Gasteiger partial charge < -0.3 is 25.0 Å². The molecule has 0 bridgehead atoms. The first-order valence-electron chi connectivity index (χ1n) is 6.60. The lowest BCUT2D eigenvalue weighted by Gasteiger charge is -2.19. The van der Waals surface area contributed by atoms with E-state index in [0.717, 1.165) is 0 Å². The number of hydrogen-bond donors (Lipinski definition) is 2. The molecule has 0 aliphatic carbocycles. The highest BCUT2D eigenvalue weighted by Gasteiger charge is 2.16. The highest BCUT2D eigenvalue weighted by Crippen LogP contribution is 2.28. The Bertz CT molecular complexity index is 640. The SMILES string of the molecule is CC(C)(C)OC(=O)NCCOc1noc2c(N)cccc12.Cl.Cl. The van der Waals surface area contributed by atoms with Crippen LogP contribution in [0.3, 0.4) is 0 Å². The molecule has 0 radical (unpaired) electrons. The molecule has 0 spiro atoms. The van der Waals surface area contributed by atoms with E-state index in [0.29, 0.717) is 29.1 Å². The maximum atomic E-state index is 11.4. The third-order valence-electron chi connectivity index (χ3n) is 2.50. The lowest BCUT2D eigenvalue weighted by Crippen LogP contribution is -2.34. The van der Waals surface area contributed by atoms with Crippen LogP contribution >= 0.6 is 24.8 Å². The number of carbonyl (C=O) groups excluding carboxylic acids is 1. The van der Waals surface area contributed by atoms with Crippen molar-refractivity contribution < 1.29 is 18.8 Å². The number of anilines is 1. The summed E-state index contributed by atoms with van der Waals surface area (Å²) in [5.41, 5.74) is 6.23. The topological polar surface area (TPSA) is 99.6 Å². The second-order valence-corrected chi connectivity index (χ2v) is 5.49. The Kier molecular flexibility index (Phi) is 7.99. The summed E-state index contributed by atoms with van der Waals surface area (Å²) in [6, 6.07) is 5.32. The number of fused-ring (bicyclic) bond motifs is 1. The van der Waals surface area contributed by atoms with Crippen LogP contribution in [0, 0.1) is 0 Å². The van der Waals surface area contributed by atoms with Crippen LogP contribution in [0.5, 0.6) is 5.88 Å². The van der Waals surface area contributed by atoms with Crippen molar-refractivity contribution in [2.24, 2.45) is 0 Å². The van der Waals surface area contributed by atoms with E-state index in [1.165, 1.54) is 0 Å². The largest absolute Gasteiger partial charge is 0.473 e. The minimum atomic E-state index is -0.523. The second-order valence-electron chi connectivity index (χ2n) is 5.49. The molecule has 1 heterocycles. The minimum Gasteiger partial charge on any atom is -0.473 e. The van der Waals surface area contributed by atoms with Gasteiger partial charge in [0.1, 0.15) is 12.2 Å². The number of amides is 1.